The molecule has 1 aromatic heterocycles. The molecule has 3 N–H and O–H groups in total. The van der Waals surface area contributed by atoms with Crippen LogP contribution in [0.4, 0.5) is 5.69 Å². The van der Waals surface area contributed by atoms with E-state index < -0.39 is 57.4 Å². The molecule has 1 saturated carbocycles. The van der Waals surface area contributed by atoms with Crippen LogP contribution in [0, 0.1) is 11.3 Å². The summed E-state index contributed by atoms with van der Waals surface area (Å²) >= 11 is 0. The summed E-state index contributed by atoms with van der Waals surface area (Å²) in [6, 6.07) is 28.8. The standard InChI is InChI=1S/C59H67N5O9/c1-8-55(61-49(66)40-22-20-39(21-23-40)38-16-11-10-12-17-38)32-37-33-58(53(67)71-6,48-42(24-28-63(34-37)35-55)41-18-13-14-19-45(41)60-48)44-30-43-46(31-47(44)70-5)62(4)51-57(43)26-29-64-27-15-25-56(9-2,50(57)64)52(73-36(3)65)59(51,69)54(68)72-7/h10-23,25,30-31,37,50-52,60,69H,8-9,24,26-29,32-35H2,1-7H3,(H,61,66)/t37-,50+,51-,52-,55+,56-,57-,58+,59+/m1/s1. The number of methoxy groups -OCH3 is 3. The number of aliphatic hydroxyl groups is 1. The molecule has 382 valence electrons. The number of aromatic nitrogens is 1. The molecule has 4 aromatic carbocycles. The highest BCUT2D eigenvalue weighted by molar-refractivity contribution is 5.96. The molecule has 1 aliphatic carbocycles. The van der Waals surface area contributed by atoms with Gasteiger partial charge in [-0.2, -0.15) is 0 Å². The van der Waals surface area contributed by atoms with E-state index in [1.807, 2.05) is 85.6 Å². The number of carbonyl (C=O) groups is 4. The summed E-state index contributed by atoms with van der Waals surface area (Å²) in [6.45, 7) is 8.72. The lowest BCUT2D eigenvalue weighted by Crippen LogP contribution is -2.81. The van der Waals surface area contributed by atoms with Gasteiger partial charge in [0.05, 0.1) is 32.9 Å². The van der Waals surface area contributed by atoms with E-state index in [4.69, 9.17) is 18.9 Å². The summed E-state index contributed by atoms with van der Waals surface area (Å²) in [4.78, 5) is 68.7. The van der Waals surface area contributed by atoms with Gasteiger partial charge in [0.15, 0.2) is 6.10 Å². The molecule has 2 saturated heterocycles. The van der Waals surface area contributed by atoms with Crippen molar-refractivity contribution in [2.24, 2.45) is 11.3 Å². The van der Waals surface area contributed by atoms with Crippen molar-refractivity contribution in [3.8, 4) is 16.9 Å². The molecule has 1 spiro atoms. The highest BCUT2D eigenvalue weighted by Gasteiger charge is 2.80. The van der Waals surface area contributed by atoms with Crippen LogP contribution in [-0.2, 0) is 45.8 Å². The Morgan fingerprint density at radius 1 is 0.836 bits per heavy atom. The van der Waals surface area contributed by atoms with Gasteiger partial charge in [0.1, 0.15) is 11.2 Å². The summed E-state index contributed by atoms with van der Waals surface area (Å²) < 4.78 is 24.4. The normalized spacial score (nSPS) is 31.9. The van der Waals surface area contributed by atoms with Crippen molar-refractivity contribution >= 4 is 40.4 Å². The van der Waals surface area contributed by atoms with Gasteiger partial charge in [0.25, 0.3) is 5.91 Å². The second kappa shape index (κ2) is 17.9. The molecular formula is C59H67N5O9. The minimum absolute atomic E-state index is 0.140. The van der Waals surface area contributed by atoms with Crippen molar-refractivity contribution in [3.05, 3.63) is 131 Å². The number of hydrogen-bond donors (Lipinski definition) is 3. The number of H-pyrrole nitrogens is 1. The first kappa shape index (κ1) is 48.8. The number of benzene rings is 4. The Labute approximate surface area is 427 Å². The molecule has 5 aliphatic heterocycles. The fourth-order valence-electron chi connectivity index (χ4n) is 15.5. The van der Waals surface area contributed by atoms with Gasteiger partial charge in [0.2, 0.25) is 5.60 Å². The molecule has 1 amide bonds. The number of hydrogen-bond acceptors (Lipinski definition) is 12. The molecule has 73 heavy (non-hydrogen) atoms. The zero-order valence-corrected chi connectivity index (χ0v) is 43.0. The van der Waals surface area contributed by atoms with Gasteiger partial charge in [-0.25, -0.2) is 4.79 Å². The maximum Gasteiger partial charge on any atom is 0.344 e. The summed E-state index contributed by atoms with van der Waals surface area (Å²) in [5.74, 6) is -1.80. The van der Waals surface area contributed by atoms with E-state index in [1.54, 1.807) is 7.11 Å². The number of fused-ring (bicyclic) bond motifs is 6. The van der Waals surface area contributed by atoms with Crippen LogP contribution in [0.3, 0.4) is 0 Å². The summed E-state index contributed by atoms with van der Waals surface area (Å²) in [5, 5.41) is 18.1. The molecule has 14 nitrogen and oxygen atoms in total. The number of nitrogens with one attached hydrogen (secondary N) is 2. The van der Waals surface area contributed by atoms with E-state index in [0.717, 1.165) is 44.5 Å². The molecule has 5 aromatic rings. The molecule has 11 rings (SSSR count). The van der Waals surface area contributed by atoms with Gasteiger partial charge in [-0.15, -0.1) is 0 Å². The van der Waals surface area contributed by atoms with E-state index in [1.165, 1.54) is 21.1 Å². The Hall–Kier alpha value is -6.48. The molecule has 3 fully saturated rings. The molecule has 6 heterocycles. The van der Waals surface area contributed by atoms with Gasteiger partial charge in [-0.05, 0) is 97.5 Å². The molecule has 0 radical (unpaired) electrons. The topological polar surface area (TPSA) is 163 Å². The lowest BCUT2D eigenvalue weighted by Gasteiger charge is -2.63. The fourth-order valence-corrected chi connectivity index (χ4v) is 15.5. The van der Waals surface area contributed by atoms with Crippen LogP contribution in [0.15, 0.2) is 103 Å². The largest absolute Gasteiger partial charge is 0.496 e. The monoisotopic (exact) mass is 989 g/mol. The number of para-hydroxylation sites is 1. The average Bonchev–Trinajstić information content (AvgIpc) is 4.09. The Morgan fingerprint density at radius 3 is 2.26 bits per heavy atom. The molecule has 1 unspecified atom stereocenters. The number of likely N-dealkylation sites (N-methyl/N-ethyl adjacent to an activating group) is 1. The van der Waals surface area contributed by atoms with Crippen molar-refractivity contribution in [1.29, 1.82) is 0 Å². The molecule has 10 atom stereocenters. The van der Waals surface area contributed by atoms with Crippen LogP contribution < -0.4 is 15.0 Å². The van der Waals surface area contributed by atoms with Gasteiger partial charge < -0.3 is 44.2 Å². The van der Waals surface area contributed by atoms with Crippen molar-refractivity contribution < 1.29 is 43.2 Å². The SMILES string of the molecule is CC[C@]1(NC(=O)c2ccc(-c3ccccc3)cc2)C[C@H]2CN(CCc3c([nH]c4ccccc34)[C@@](C(=O)OC)(c3cc4c(cc3OC)N(C)[C@H]3[C@@](O)(C(=O)OC)[C@H](OC(C)=O)[C@]5(CC)C=CCN6CC[C@]43[C@@H]65)C2)C1. The Morgan fingerprint density at radius 2 is 1.56 bits per heavy atom. The maximum atomic E-state index is 15.8. The zero-order valence-electron chi connectivity index (χ0n) is 43.0. The van der Waals surface area contributed by atoms with Crippen LogP contribution in [0.25, 0.3) is 22.0 Å². The molecule has 14 heteroatoms. The zero-order chi connectivity index (χ0) is 51.2. The highest BCUT2D eigenvalue weighted by atomic mass is 16.6. The number of nitrogens with zero attached hydrogens (tertiary/aromatic N) is 3. The summed E-state index contributed by atoms with van der Waals surface area (Å²) in [5.41, 5.74) is 1.08. The number of esters is 3. The smallest absolute Gasteiger partial charge is 0.344 e. The Kier molecular flexibility index (Phi) is 11.9. The number of piperidine rings is 1. The van der Waals surface area contributed by atoms with Gasteiger partial charge in [-0.3, -0.25) is 19.3 Å². The summed E-state index contributed by atoms with van der Waals surface area (Å²) in [6.07, 6.45) is 5.98. The van der Waals surface area contributed by atoms with E-state index >= 15 is 4.79 Å². The second-order valence-corrected chi connectivity index (χ2v) is 21.7. The first-order valence-electron chi connectivity index (χ1n) is 25.9. The van der Waals surface area contributed by atoms with Crippen molar-refractivity contribution in [2.45, 2.75) is 99.5 Å². The predicted molar refractivity (Wildman–Crippen MR) is 278 cm³/mol. The lowest BCUT2D eigenvalue weighted by atomic mass is 9.47. The third-order valence-corrected chi connectivity index (χ3v) is 18.3. The van der Waals surface area contributed by atoms with Crippen LogP contribution >= 0.6 is 0 Å². The van der Waals surface area contributed by atoms with Crippen LogP contribution in [0.2, 0.25) is 0 Å². The first-order valence-corrected chi connectivity index (χ1v) is 25.9. The van der Waals surface area contributed by atoms with E-state index in [9.17, 15) is 19.5 Å². The van der Waals surface area contributed by atoms with Gasteiger partial charge in [-0.1, -0.05) is 86.7 Å². The molecule has 6 aliphatic rings. The number of carbonyl (C=O) groups excluding carboxylic acids is 4. The van der Waals surface area contributed by atoms with Crippen LogP contribution in [0.1, 0.15) is 85.6 Å². The number of amides is 1. The van der Waals surface area contributed by atoms with E-state index in [2.05, 4.69) is 63.4 Å². The molecule has 2 bridgehead atoms. The third-order valence-electron chi connectivity index (χ3n) is 18.3. The van der Waals surface area contributed by atoms with Crippen molar-refractivity contribution in [3.63, 3.8) is 0 Å². The Balaban J connectivity index is 1.09. The number of rotatable bonds is 10. The molecular weight excluding hydrogens is 923 g/mol. The minimum Gasteiger partial charge on any atom is -0.496 e. The summed E-state index contributed by atoms with van der Waals surface area (Å²) in [7, 11) is 6.18. The number of anilines is 1. The van der Waals surface area contributed by atoms with Gasteiger partial charge >= 0.3 is 17.9 Å². The third kappa shape index (κ3) is 6.99. The minimum atomic E-state index is -2.34. The van der Waals surface area contributed by atoms with E-state index in [0.29, 0.717) is 88.1 Å². The Bertz CT molecular complexity index is 3050. The number of aromatic amines is 1. The van der Waals surface area contributed by atoms with Gasteiger partial charge in [0, 0.05) is 96.5 Å². The fraction of sp³-hybridized carbons (Fsp3) is 0.458. The first-order chi connectivity index (χ1) is 35.2. The van der Waals surface area contributed by atoms with Crippen LogP contribution in [-0.4, -0.2) is 134 Å². The maximum absolute atomic E-state index is 15.8. The highest BCUT2D eigenvalue weighted by Crippen LogP contribution is 2.68. The van der Waals surface area contributed by atoms with Crippen molar-refractivity contribution in [1.82, 2.24) is 20.1 Å². The number of ether oxygens (including phenoxy) is 4. The second-order valence-electron chi connectivity index (χ2n) is 21.7. The van der Waals surface area contributed by atoms with E-state index in [-0.39, 0.29) is 17.9 Å². The quantitative estimate of drug-likeness (QED) is 0.0741. The average molecular weight is 990 g/mol. The lowest BCUT2D eigenvalue weighted by molar-refractivity contribution is -0.228. The van der Waals surface area contributed by atoms with Crippen LogP contribution in [0.5, 0.6) is 5.75 Å². The van der Waals surface area contributed by atoms with Crippen molar-refractivity contribution in [2.75, 3.05) is 66.0 Å². The predicted octanol–water partition coefficient (Wildman–Crippen LogP) is 7.10.